The maximum absolute atomic E-state index is 13.5. The quantitative estimate of drug-likeness (QED) is 0.309. The summed E-state index contributed by atoms with van der Waals surface area (Å²) in [4.78, 5) is 33.7. The molecule has 0 aromatic heterocycles. The first kappa shape index (κ1) is 23.0. The zero-order valence-electron chi connectivity index (χ0n) is 20.4. The van der Waals surface area contributed by atoms with Crippen LogP contribution in [0.2, 0.25) is 0 Å². The number of para-hydroxylation sites is 1. The number of fused-ring (bicyclic) bond motifs is 4. The number of nitrogens with zero attached hydrogens (tertiary/aromatic N) is 5. The summed E-state index contributed by atoms with van der Waals surface area (Å²) in [7, 11) is 0. The van der Waals surface area contributed by atoms with Gasteiger partial charge in [0.1, 0.15) is 5.56 Å². The molecule has 184 valence electrons. The van der Waals surface area contributed by atoms with E-state index in [1.165, 1.54) is 27.6 Å². The van der Waals surface area contributed by atoms with Crippen LogP contribution in [0.15, 0.2) is 64.5 Å². The normalized spacial score (nSPS) is 16.3. The van der Waals surface area contributed by atoms with Crippen molar-refractivity contribution in [3.8, 4) is 17.1 Å². The average molecular weight is 500 g/mol. The lowest BCUT2D eigenvalue weighted by Crippen LogP contribution is -2.40. The molecule has 0 fully saturated rings. The van der Waals surface area contributed by atoms with Crippen LogP contribution in [-0.4, -0.2) is 41.9 Å². The van der Waals surface area contributed by atoms with Crippen LogP contribution in [0.4, 0.5) is 0 Å². The van der Waals surface area contributed by atoms with Crippen LogP contribution in [0.1, 0.15) is 43.0 Å². The van der Waals surface area contributed by atoms with Crippen LogP contribution < -0.4 is 5.56 Å². The largest absolute Gasteiger partial charge is 0.337 e. The minimum Gasteiger partial charge on any atom is -0.337 e. The summed E-state index contributed by atoms with van der Waals surface area (Å²) >= 11 is 1.49. The van der Waals surface area contributed by atoms with Crippen LogP contribution in [0.3, 0.4) is 0 Å². The molecule has 36 heavy (non-hydrogen) atoms. The summed E-state index contributed by atoms with van der Waals surface area (Å²) < 4.78 is 3.63. The van der Waals surface area contributed by atoms with Gasteiger partial charge in [0.2, 0.25) is 5.91 Å². The summed E-state index contributed by atoms with van der Waals surface area (Å²) in [5.41, 5.74) is 4.78. The third kappa shape index (κ3) is 4.13. The van der Waals surface area contributed by atoms with Gasteiger partial charge in [-0.25, -0.2) is 4.98 Å². The number of aromatic nitrogens is 4. The maximum atomic E-state index is 13.5. The Hall–Kier alpha value is -3.39. The first-order chi connectivity index (χ1) is 17.6. The molecular weight excluding hydrogens is 470 g/mol. The van der Waals surface area contributed by atoms with E-state index in [2.05, 4.69) is 27.9 Å². The molecule has 0 spiro atoms. The van der Waals surface area contributed by atoms with E-state index in [1.54, 1.807) is 0 Å². The molecule has 1 amide bonds. The fourth-order valence-electron chi connectivity index (χ4n) is 5.34. The predicted octanol–water partition coefficient (Wildman–Crippen LogP) is 4.33. The Balaban J connectivity index is 1.34. The SMILES string of the molecule is C[C@@H](Sc1nc2nn(-c3ccccc3)c(=O)c-2c2n1CCCCC2)C(=O)N1CCc2ccccc2C1. The van der Waals surface area contributed by atoms with E-state index in [0.29, 0.717) is 17.9 Å². The summed E-state index contributed by atoms with van der Waals surface area (Å²) in [6, 6.07) is 17.8. The van der Waals surface area contributed by atoms with Gasteiger partial charge in [-0.3, -0.25) is 9.59 Å². The van der Waals surface area contributed by atoms with E-state index in [9.17, 15) is 9.59 Å². The van der Waals surface area contributed by atoms with Gasteiger partial charge in [-0.1, -0.05) is 60.6 Å². The molecule has 4 aliphatic heterocycles. The molecule has 0 unspecified atom stereocenters. The standard InChI is InChI=1S/C28H29N5O2S/c1-19(26(34)31-17-15-20-10-7-8-11-21(20)18-31)36-28-29-25-24(23-14-6-3-9-16-32(23)28)27(35)33(30-25)22-12-4-2-5-13-22/h2,4-5,7-8,10-13,19H,3,6,9,14-18H2,1H3/t19-/m1/s1. The fourth-order valence-corrected chi connectivity index (χ4v) is 6.37. The van der Waals surface area contributed by atoms with Crippen molar-refractivity contribution in [2.75, 3.05) is 6.54 Å². The van der Waals surface area contributed by atoms with Crippen LogP contribution in [0, 0.1) is 0 Å². The Morgan fingerprint density at radius 1 is 0.944 bits per heavy atom. The lowest BCUT2D eigenvalue weighted by Gasteiger charge is -2.31. The molecule has 0 N–H and O–H groups in total. The van der Waals surface area contributed by atoms with E-state index < -0.39 is 0 Å². The van der Waals surface area contributed by atoms with E-state index in [4.69, 9.17) is 4.98 Å². The summed E-state index contributed by atoms with van der Waals surface area (Å²) in [6.45, 7) is 4.15. The van der Waals surface area contributed by atoms with Crippen molar-refractivity contribution in [3.63, 3.8) is 0 Å². The second kappa shape index (κ2) is 9.58. The zero-order valence-corrected chi connectivity index (χ0v) is 21.2. The molecule has 1 atom stereocenters. The van der Waals surface area contributed by atoms with E-state index in [0.717, 1.165) is 61.7 Å². The van der Waals surface area contributed by atoms with Gasteiger partial charge in [0, 0.05) is 25.3 Å². The Bertz CT molecular complexity index is 1440. The summed E-state index contributed by atoms with van der Waals surface area (Å²) in [6.07, 6.45) is 4.87. The molecule has 2 aromatic rings. The number of carbonyl (C=O) groups is 1. The minimum absolute atomic E-state index is 0.123. The lowest BCUT2D eigenvalue weighted by atomic mass is 10.00. The molecule has 7 nitrogen and oxygen atoms in total. The van der Waals surface area contributed by atoms with Gasteiger partial charge in [0.25, 0.3) is 5.56 Å². The second-order valence-electron chi connectivity index (χ2n) is 9.59. The van der Waals surface area contributed by atoms with Crippen LogP contribution >= 0.6 is 11.8 Å². The van der Waals surface area contributed by atoms with Crippen LogP contribution in [0.5, 0.6) is 0 Å². The van der Waals surface area contributed by atoms with Crippen molar-refractivity contribution >= 4 is 17.7 Å². The smallest absolute Gasteiger partial charge is 0.284 e. The zero-order chi connectivity index (χ0) is 24.6. The molecule has 4 aliphatic rings. The van der Waals surface area contributed by atoms with Gasteiger partial charge in [-0.2, -0.15) is 4.68 Å². The van der Waals surface area contributed by atoms with Crippen molar-refractivity contribution in [3.05, 3.63) is 81.8 Å². The Morgan fingerprint density at radius 2 is 1.72 bits per heavy atom. The van der Waals surface area contributed by atoms with Crippen molar-refractivity contribution in [2.24, 2.45) is 0 Å². The van der Waals surface area contributed by atoms with Gasteiger partial charge >= 0.3 is 0 Å². The van der Waals surface area contributed by atoms with Gasteiger partial charge in [0.05, 0.1) is 10.9 Å². The Morgan fingerprint density at radius 3 is 2.56 bits per heavy atom. The monoisotopic (exact) mass is 499 g/mol. The van der Waals surface area contributed by atoms with E-state index >= 15 is 0 Å². The van der Waals surface area contributed by atoms with Crippen LogP contribution in [0.25, 0.3) is 17.1 Å². The maximum Gasteiger partial charge on any atom is 0.284 e. The highest BCUT2D eigenvalue weighted by atomic mass is 32.2. The number of hydrogen-bond acceptors (Lipinski definition) is 5. The molecule has 0 aliphatic carbocycles. The Labute approximate surface area is 214 Å². The molecule has 0 saturated heterocycles. The van der Waals surface area contributed by atoms with Crippen molar-refractivity contribution in [2.45, 2.75) is 62.5 Å². The van der Waals surface area contributed by atoms with Crippen molar-refractivity contribution in [1.29, 1.82) is 0 Å². The second-order valence-corrected chi connectivity index (χ2v) is 10.9. The van der Waals surface area contributed by atoms with Gasteiger partial charge in [-0.15, -0.1) is 5.10 Å². The number of carbonyl (C=O) groups excluding carboxylic acids is 1. The molecule has 6 rings (SSSR count). The third-order valence-corrected chi connectivity index (χ3v) is 8.32. The number of thioether (sulfide) groups is 1. The number of benzene rings is 2. The average Bonchev–Trinajstić information content (AvgIpc) is 3.07. The molecule has 0 radical (unpaired) electrons. The summed E-state index contributed by atoms with van der Waals surface area (Å²) in [5, 5.41) is 5.10. The number of amides is 1. The number of rotatable bonds is 4. The molecule has 0 saturated carbocycles. The third-order valence-electron chi connectivity index (χ3n) is 7.24. The first-order valence-electron chi connectivity index (χ1n) is 12.7. The molecular formula is C28H29N5O2S. The van der Waals surface area contributed by atoms with Crippen LogP contribution in [-0.2, 0) is 30.7 Å². The number of hydrogen-bond donors (Lipinski definition) is 0. The molecule has 2 aromatic carbocycles. The highest BCUT2D eigenvalue weighted by Gasteiger charge is 2.30. The predicted molar refractivity (Wildman–Crippen MR) is 141 cm³/mol. The highest BCUT2D eigenvalue weighted by molar-refractivity contribution is 8.00. The van der Waals surface area contributed by atoms with Crippen molar-refractivity contribution < 1.29 is 4.79 Å². The molecule has 0 bridgehead atoms. The van der Waals surface area contributed by atoms with Gasteiger partial charge < -0.3 is 9.47 Å². The van der Waals surface area contributed by atoms with Gasteiger partial charge in [-0.05, 0) is 55.9 Å². The molecule has 4 heterocycles. The van der Waals surface area contributed by atoms with E-state index in [1.807, 2.05) is 48.2 Å². The topological polar surface area (TPSA) is 73.0 Å². The Kier molecular flexibility index (Phi) is 6.13. The lowest BCUT2D eigenvalue weighted by molar-refractivity contribution is -0.131. The van der Waals surface area contributed by atoms with Gasteiger partial charge in [0.15, 0.2) is 11.0 Å². The fraction of sp³-hybridized carbons (Fsp3) is 0.357. The van der Waals surface area contributed by atoms with Crippen molar-refractivity contribution in [1.82, 2.24) is 24.2 Å². The minimum atomic E-state index is -0.289. The highest BCUT2D eigenvalue weighted by Crippen LogP contribution is 2.33. The molecule has 8 heteroatoms. The first-order valence-corrected chi connectivity index (χ1v) is 13.6. The van der Waals surface area contributed by atoms with E-state index in [-0.39, 0.29) is 16.7 Å². The summed E-state index contributed by atoms with van der Waals surface area (Å²) in [5.74, 6) is 0.588.